The van der Waals surface area contributed by atoms with E-state index in [2.05, 4.69) is 48.6 Å². The van der Waals surface area contributed by atoms with Crippen LogP contribution in [0.3, 0.4) is 0 Å². The highest BCUT2D eigenvalue weighted by molar-refractivity contribution is 5.79. The summed E-state index contributed by atoms with van der Waals surface area (Å²) < 4.78 is 5.91. The molecular formula is C19H21NO2. The molecule has 3 heteroatoms. The quantitative estimate of drug-likeness (QED) is 0.936. The first-order valence-corrected chi connectivity index (χ1v) is 7.71. The van der Waals surface area contributed by atoms with Gasteiger partial charge in [-0.2, -0.15) is 0 Å². The van der Waals surface area contributed by atoms with Gasteiger partial charge in [0.2, 0.25) is 5.91 Å². The number of aryl methyl sites for hydroxylation is 1. The van der Waals surface area contributed by atoms with Crippen molar-refractivity contribution >= 4 is 5.91 Å². The van der Waals surface area contributed by atoms with Gasteiger partial charge in [0.1, 0.15) is 11.9 Å². The first-order valence-electron chi connectivity index (χ1n) is 7.71. The third-order valence-corrected chi connectivity index (χ3v) is 4.25. The van der Waals surface area contributed by atoms with Crippen molar-refractivity contribution in [2.75, 3.05) is 7.05 Å². The first-order chi connectivity index (χ1) is 10.7. The minimum Gasteiger partial charge on any atom is -0.490 e. The van der Waals surface area contributed by atoms with Gasteiger partial charge in [-0.1, -0.05) is 42.0 Å². The van der Waals surface area contributed by atoms with Crippen LogP contribution in [0.1, 0.15) is 18.4 Å². The van der Waals surface area contributed by atoms with Gasteiger partial charge in [-0.3, -0.25) is 4.79 Å². The summed E-state index contributed by atoms with van der Waals surface area (Å²) in [6.45, 7) is 2.09. The lowest BCUT2D eigenvalue weighted by molar-refractivity contribution is -0.130. The van der Waals surface area contributed by atoms with Gasteiger partial charge in [0.05, 0.1) is 0 Å². The summed E-state index contributed by atoms with van der Waals surface area (Å²) in [4.78, 5) is 11.5. The molecule has 2 aromatic rings. The topological polar surface area (TPSA) is 38.3 Å². The predicted molar refractivity (Wildman–Crippen MR) is 87.8 cm³/mol. The number of nitrogens with one attached hydrogen (secondary N) is 1. The second-order valence-corrected chi connectivity index (χ2v) is 5.91. The number of hydrogen-bond donors (Lipinski definition) is 1. The third kappa shape index (κ3) is 3.14. The molecule has 0 saturated heterocycles. The lowest BCUT2D eigenvalue weighted by Crippen LogP contribution is -2.42. The van der Waals surface area contributed by atoms with E-state index in [-0.39, 0.29) is 17.9 Å². The average Bonchev–Trinajstić information content (AvgIpc) is 2.51. The second kappa shape index (κ2) is 6.22. The fourth-order valence-electron chi connectivity index (χ4n) is 2.74. The van der Waals surface area contributed by atoms with E-state index in [4.69, 9.17) is 4.74 Å². The number of benzene rings is 2. The molecule has 0 bridgehead atoms. The molecule has 3 nitrogen and oxygen atoms in total. The highest BCUT2D eigenvalue weighted by Gasteiger charge is 2.35. The summed E-state index contributed by atoms with van der Waals surface area (Å²) in [5.41, 5.74) is 3.66. The molecule has 1 aliphatic carbocycles. The van der Waals surface area contributed by atoms with Crippen molar-refractivity contribution in [3.63, 3.8) is 0 Å². The molecular weight excluding hydrogens is 274 g/mol. The van der Waals surface area contributed by atoms with Crippen molar-refractivity contribution in [2.45, 2.75) is 25.9 Å². The van der Waals surface area contributed by atoms with E-state index in [0.717, 1.165) is 18.6 Å². The Hall–Kier alpha value is -2.29. The molecule has 1 aliphatic rings. The van der Waals surface area contributed by atoms with Crippen LogP contribution in [0.15, 0.2) is 48.5 Å². The number of amides is 1. The van der Waals surface area contributed by atoms with Gasteiger partial charge in [-0.05, 0) is 43.0 Å². The zero-order valence-corrected chi connectivity index (χ0v) is 13.0. The van der Waals surface area contributed by atoms with Crippen LogP contribution >= 0.6 is 0 Å². The zero-order chi connectivity index (χ0) is 15.5. The highest BCUT2D eigenvalue weighted by Crippen LogP contribution is 2.32. The molecule has 0 spiro atoms. The van der Waals surface area contributed by atoms with E-state index in [1.165, 1.54) is 16.7 Å². The van der Waals surface area contributed by atoms with Gasteiger partial charge in [-0.15, -0.1) is 0 Å². The summed E-state index contributed by atoms with van der Waals surface area (Å²) in [5, 5.41) is 2.69. The minimum absolute atomic E-state index is 0.113. The maximum Gasteiger partial charge on any atom is 0.223 e. The van der Waals surface area contributed by atoms with Crippen LogP contribution in [0.25, 0.3) is 11.1 Å². The minimum atomic E-state index is 0.113. The van der Waals surface area contributed by atoms with Crippen LogP contribution in [0, 0.1) is 12.8 Å². The van der Waals surface area contributed by atoms with E-state index in [1.807, 2.05) is 12.1 Å². The zero-order valence-electron chi connectivity index (χ0n) is 13.0. The van der Waals surface area contributed by atoms with Gasteiger partial charge < -0.3 is 10.1 Å². The number of carbonyl (C=O) groups excluding carboxylic acids is 1. The summed E-state index contributed by atoms with van der Waals surface area (Å²) in [5.74, 6) is 1.10. The van der Waals surface area contributed by atoms with Gasteiger partial charge in [0, 0.05) is 13.0 Å². The molecule has 3 rings (SSSR count). The Morgan fingerprint density at radius 3 is 2.09 bits per heavy atom. The molecule has 0 atom stereocenters. The number of carbonyl (C=O) groups is 1. The fraction of sp³-hybridized carbons (Fsp3) is 0.316. The Morgan fingerprint density at radius 2 is 1.55 bits per heavy atom. The Bertz CT molecular complexity index is 640. The number of ether oxygens (including phenoxy) is 1. The summed E-state index contributed by atoms with van der Waals surface area (Å²) >= 11 is 0. The molecule has 0 aliphatic heterocycles. The summed E-state index contributed by atoms with van der Waals surface area (Å²) in [6, 6.07) is 16.7. The van der Waals surface area contributed by atoms with E-state index in [1.54, 1.807) is 7.05 Å². The largest absolute Gasteiger partial charge is 0.490 e. The molecule has 22 heavy (non-hydrogen) atoms. The SMILES string of the molecule is CNC(=O)C1CC(Oc2ccc(-c3ccc(C)cc3)cc2)C1. The second-order valence-electron chi connectivity index (χ2n) is 5.91. The third-order valence-electron chi connectivity index (χ3n) is 4.25. The van der Waals surface area contributed by atoms with Gasteiger partial charge >= 0.3 is 0 Å². The highest BCUT2D eigenvalue weighted by atomic mass is 16.5. The van der Waals surface area contributed by atoms with Crippen molar-refractivity contribution < 1.29 is 9.53 Å². The number of rotatable bonds is 4. The van der Waals surface area contributed by atoms with E-state index in [0.29, 0.717) is 0 Å². The molecule has 0 aromatic heterocycles. The van der Waals surface area contributed by atoms with Gasteiger partial charge in [0.25, 0.3) is 0 Å². The van der Waals surface area contributed by atoms with Crippen molar-refractivity contribution in [2.24, 2.45) is 5.92 Å². The molecule has 1 N–H and O–H groups in total. The van der Waals surface area contributed by atoms with Crippen molar-refractivity contribution in [3.8, 4) is 16.9 Å². The van der Waals surface area contributed by atoms with E-state index < -0.39 is 0 Å². The lowest BCUT2D eigenvalue weighted by atomic mass is 9.81. The summed E-state index contributed by atoms with van der Waals surface area (Å²) in [6.07, 6.45) is 1.77. The lowest BCUT2D eigenvalue weighted by Gasteiger charge is -2.34. The number of hydrogen-bond acceptors (Lipinski definition) is 2. The fourth-order valence-corrected chi connectivity index (χ4v) is 2.74. The maximum absolute atomic E-state index is 11.5. The monoisotopic (exact) mass is 295 g/mol. The Labute approximate surface area is 131 Å². The normalized spacial score (nSPS) is 20.1. The standard InChI is InChI=1S/C19H21NO2/c1-13-3-5-14(6-4-13)15-7-9-17(10-8-15)22-18-11-16(12-18)19(21)20-2/h3-10,16,18H,11-12H2,1-2H3,(H,20,21). The van der Waals surface area contributed by atoms with Crippen LogP contribution in [0.2, 0.25) is 0 Å². The van der Waals surface area contributed by atoms with Crippen LogP contribution in [0.4, 0.5) is 0 Å². The van der Waals surface area contributed by atoms with Crippen molar-refractivity contribution in [3.05, 3.63) is 54.1 Å². The predicted octanol–water partition coefficient (Wildman–Crippen LogP) is 3.57. The molecule has 114 valence electrons. The molecule has 1 amide bonds. The maximum atomic E-state index is 11.5. The Balaban J connectivity index is 1.59. The molecule has 0 radical (unpaired) electrons. The molecule has 0 unspecified atom stereocenters. The molecule has 1 fully saturated rings. The van der Waals surface area contributed by atoms with Crippen LogP contribution in [-0.4, -0.2) is 19.1 Å². The van der Waals surface area contributed by atoms with Crippen LogP contribution < -0.4 is 10.1 Å². The van der Waals surface area contributed by atoms with E-state index >= 15 is 0 Å². The smallest absolute Gasteiger partial charge is 0.223 e. The Kier molecular flexibility index (Phi) is 4.14. The molecule has 0 heterocycles. The molecule has 2 aromatic carbocycles. The van der Waals surface area contributed by atoms with Crippen molar-refractivity contribution in [1.82, 2.24) is 5.32 Å². The van der Waals surface area contributed by atoms with Crippen molar-refractivity contribution in [1.29, 1.82) is 0 Å². The average molecular weight is 295 g/mol. The van der Waals surface area contributed by atoms with Crippen LogP contribution in [0.5, 0.6) is 5.75 Å². The van der Waals surface area contributed by atoms with Gasteiger partial charge in [0.15, 0.2) is 0 Å². The van der Waals surface area contributed by atoms with Gasteiger partial charge in [-0.25, -0.2) is 0 Å². The van der Waals surface area contributed by atoms with Crippen LogP contribution in [-0.2, 0) is 4.79 Å². The first kappa shape index (κ1) is 14.6. The molecule has 1 saturated carbocycles. The Morgan fingerprint density at radius 1 is 1.00 bits per heavy atom. The summed E-state index contributed by atoms with van der Waals surface area (Å²) in [7, 11) is 1.68. The van der Waals surface area contributed by atoms with E-state index in [9.17, 15) is 4.79 Å².